The Bertz CT molecular complexity index is 784. The lowest BCUT2D eigenvalue weighted by Crippen LogP contribution is -2.32. The van der Waals surface area contributed by atoms with E-state index in [0.717, 1.165) is 5.69 Å². The van der Waals surface area contributed by atoms with Crippen LogP contribution in [0.1, 0.15) is 18.4 Å². The van der Waals surface area contributed by atoms with Gasteiger partial charge >= 0.3 is 6.03 Å². The molecule has 122 valence electrons. The van der Waals surface area contributed by atoms with E-state index >= 15 is 0 Å². The van der Waals surface area contributed by atoms with E-state index in [1.165, 1.54) is 5.56 Å². The third-order valence-electron chi connectivity index (χ3n) is 3.84. The molecular weight excluding hydrogens is 300 g/mol. The van der Waals surface area contributed by atoms with Gasteiger partial charge in [0, 0.05) is 18.9 Å². The Morgan fingerprint density at radius 1 is 1.08 bits per heavy atom. The number of hydrogen-bond acceptors (Lipinski definition) is 2. The number of anilines is 1. The lowest BCUT2D eigenvalue weighted by atomic mass is 10.0. The first kappa shape index (κ1) is 15.8. The van der Waals surface area contributed by atoms with Crippen molar-refractivity contribution in [3.8, 4) is 5.69 Å². The van der Waals surface area contributed by atoms with Crippen molar-refractivity contribution in [3.05, 3.63) is 78.6 Å². The van der Waals surface area contributed by atoms with Gasteiger partial charge < -0.3 is 10.6 Å². The number of nitrogens with zero attached hydrogens (tertiary/aromatic N) is 2. The molecule has 0 unspecified atom stereocenters. The summed E-state index contributed by atoms with van der Waals surface area (Å²) in [6.07, 6.45) is 3.55. The van der Waals surface area contributed by atoms with Crippen LogP contribution < -0.4 is 10.6 Å². The average Bonchev–Trinajstić information content (AvgIpc) is 3.15. The number of carbonyl (C=O) groups excluding carboxylic acids is 1. The Balaban J connectivity index is 1.62. The second kappa shape index (κ2) is 7.46. The predicted molar refractivity (Wildman–Crippen MR) is 95.4 cm³/mol. The summed E-state index contributed by atoms with van der Waals surface area (Å²) in [4.78, 5) is 12.2. The molecule has 0 saturated heterocycles. The third kappa shape index (κ3) is 3.81. The van der Waals surface area contributed by atoms with Crippen LogP contribution in [-0.2, 0) is 0 Å². The second-order valence-corrected chi connectivity index (χ2v) is 5.61. The van der Waals surface area contributed by atoms with E-state index in [2.05, 4.69) is 34.8 Å². The average molecular weight is 320 g/mol. The van der Waals surface area contributed by atoms with Gasteiger partial charge in [-0.05, 0) is 29.7 Å². The number of nitrogens with one attached hydrogen (secondary N) is 2. The van der Waals surface area contributed by atoms with Crippen molar-refractivity contribution in [2.75, 3.05) is 11.9 Å². The van der Waals surface area contributed by atoms with Crippen molar-refractivity contribution < 1.29 is 4.79 Å². The van der Waals surface area contributed by atoms with Crippen molar-refractivity contribution in [3.63, 3.8) is 0 Å². The summed E-state index contributed by atoms with van der Waals surface area (Å²) in [5.41, 5.74) is 2.74. The van der Waals surface area contributed by atoms with Crippen molar-refractivity contribution in [1.82, 2.24) is 15.1 Å². The molecule has 0 aliphatic rings. The van der Waals surface area contributed by atoms with Crippen molar-refractivity contribution in [2.24, 2.45) is 0 Å². The molecule has 5 nitrogen and oxygen atoms in total. The maximum absolute atomic E-state index is 12.2. The van der Waals surface area contributed by atoms with Gasteiger partial charge in [0.1, 0.15) is 0 Å². The van der Waals surface area contributed by atoms with Gasteiger partial charge in [-0.2, -0.15) is 5.10 Å². The number of rotatable bonds is 5. The van der Waals surface area contributed by atoms with Crippen LogP contribution in [0.4, 0.5) is 10.5 Å². The summed E-state index contributed by atoms with van der Waals surface area (Å²) >= 11 is 0. The van der Waals surface area contributed by atoms with Gasteiger partial charge in [0.25, 0.3) is 0 Å². The van der Waals surface area contributed by atoms with E-state index in [0.29, 0.717) is 12.2 Å². The molecule has 0 bridgehead atoms. The number of urea groups is 1. The van der Waals surface area contributed by atoms with Gasteiger partial charge in [-0.15, -0.1) is 0 Å². The molecule has 0 radical (unpaired) electrons. The lowest BCUT2D eigenvalue weighted by Gasteiger charge is -2.15. The largest absolute Gasteiger partial charge is 0.337 e. The molecule has 0 spiro atoms. The molecule has 24 heavy (non-hydrogen) atoms. The van der Waals surface area contributed by atoms with E-state index < -0.39 is 0 Å². The fourth-order valence-corrected chi connectivity index (χ4v) is 2.50. The van der Waals surface area contributed by atoms with Gasteiger partial charge in [0.15, 0.2) is 0 Å². The smallest absolute Gasteiger partial charge is 0.319 e. The maximum atomic E-state index is 12.2. The van der Waals surface area contributed by atoms with E-state index in [1.54, 1.807) is 10.9 Å². The highest BCUT2D eigenvalue weighted by Crippen LogP contribution is 2.19. The molecule has 0 saturated carbocycles. The van der Waals surface area contributed by atoms with Gasteiger partial charge in [0.2, 0.25) is 0 Å². The fraction of sp³-hybridized carbons (Fsp3) is 0.158. The highest BCUT2D eigenvalue weighted by Gasteiger charge is 2.10. The Hall–Kier alpha value is -3.08. The quantitative estimate of drug-likeness (QED) is 0.751. The molecule has 0 aliphatic heterocycles. The van der Waals surface area contributed by atoms with Crippen LogP contribution in [0.5, 0.6) is 0 Å². The first-order valence-corrected chi connectivity index (χ1v) is 7.93. The highest BCUT2D eigenvalue weighted by molar-refractivity contribution is 5.91. The Morgan fingerprint density at radius 2 is 1.83 bits per heavy atom. The summed E-state index contributed by atoms with van der Waals surface area (Å²) in [6.45, 7) is 2.66. The second-order valence-electron chi connectivity index (χ2n) is 5.61. The standard InChI is InChI=1S/C19H20N4O/c1-15(16-8-3-2-4-9-16)14-20-19(24)22-17-10-5-6-11-18(17)23-13-7-12-21-23/h2-13,15H,14H2,1H3,(H2,20,22,24)/t15-/m1/s1. The van der Waals surface area contributed by atoms with Gasteiger partial charge in [-0.3, -0.25) is 0 Å². The monoisotopic (exact) mass is 320 g/mol. The number of amides is 2. The van der Waals surface area contributed by atoms with E-state index in [-0.39, 0.29) is 11.9 Å². The molecule has 1 atom stereocenters. The highest BCUT2D eigenvalue weighted by atomic mass is 16.2. The zero-order valence-corrected chi connectivity index (χ0v) is 13.5. The van der Waals surface area contributed by atoms with Crippen LogP contribution in [-0.4, -0.2) is 22.4 Å². The predicted octanol–water partition coefficient (Wildman–Crippen LogP) is 3.80. The zero-order valence-electron chi connectivity index (χ0n) is 13.5. The first-order valence-electron chi connectivity index (χ1n) is 7.93. The van der Waals surface area contributed by atoms with Crippen LogP contribution in [0, 0.1) is 0 Å². The van der Waals surface area contributed by atoms with Crippen molar-refractivity contribution >= 4 is 11.7 Å². The van der Waals surface area contributed by atoms with Crippen LogP contribution >= 0.6 is 0 Å². The number of benzene rings is 2. The third-order valence-corrected chi connectivity index (χ3v) is 3.84. The maximum Gasteiger partial charge on any atom is 0.319 e. The molecule has 1 heterocycles. The van der Waals surface area contributed by atoms with E-state index in [9.17, 15) is 4.79 Å². The molecule has 2 aromatic carbocycles. The topological polar surface area (TPSA) is 59.0 Å². The SMILES string of the molecule is C[C@H](CNC(=O)Nc1ccccc1-n1cccn1)c1ccccc1. The summed E-state index contributed by atoms with van der Waals surface area (Å²) in [5.74, 6) is 0.248. The number of aromatic nitrogens is 2. The summed E-state index contributed by atoms with van der Waals surface area (Å²) < 4.78 is 1.72. The molecule has 1 aromatic heterocycles. The first-order chi connectivity index (χ1) is 11.7. The van der Waals surface area contributed by atoms with Crippen LogP contribution in [0.3, 0.4) is 0 Å². The Labute approximate surface area is 141 Å². The van der Waals surface area contributed by atoms with Crippen LogP contribution in [0.2, 0.25) is 0 Å². The molecule has 0 fully saturated rings. The van der Waals surface area contributed by atoms with Gasteiger partial charge in [-0.25, -0.2) is 9.48 Å². The summed E-state index contributed by atoms with van der Waals surface area (Å²) in [6, 6.07) is 19.3. The molecule has 3 rings (SSSR count). The molecule has 2 amide bonds. The minimum Gasteiger partial charge on any atom is -0.337 e. The molecule has 2 N–H and O–H groups in total. The van der Waals surface area contributed by atoms with Crippen molar-refractivity contribution in [1.29, 1.82) is 0 Å². The number of carbonyl (C=O) groups is 1. The minimum absolute atomic E-state index is 0.225. The van der Waals surface area contributed by atoms with E-state index in [4.69, 9.17) is 0 Å². The fourth-order valence-electron chi connectivity index (χ4n) is 2.50. The number of hydrogen-bond donors (Lipinski definition) is 2. The van der Waals surface area contributed by atoms with Gasteiger partial charge in [0.05, 0.1) is 11.4 Å². The van der Waals surface area contributed by atoms with Crippen molar-refractivity contribution in [2.45, 2.75) is 12.8 Å². The normalized spacial score (nSPS) is 11.7. The van der Waals surface area contributed by atoms with Crippen LogP contribution in [0.25, 0.3) is 5.69 Å². The molecule has 0 aliphatic carbocycles. The molecule has 5 heteroatoms. The van der Waals surface area contributed by atoms with Gasteiger partial charge in [-0.1, -0.05) is 49.4 Å². The minimum atomic E-state index is -0.225. The Morgan fingerprint density at radius 3 is 2.58 bits per heavy atom. The molecule has 3 aromatic rings. The summed E-state index contributed by atoms with van der Waals surface area (Å²) in [7, 11) is 0. The van der Waals surface area contributed by atoms with Crippen LogP contribution in [0.15, 0.2) is 73.1 Å². The Kier molecular flexibility index (Phi) is 4.91. The molecular formula is C19H20N4O. The lowest BCUT2D eigenvalue weighted by molar-refractivity contribution is 0.251. The van der Waals surface area contributed by atoms with E-state index in [1.807, 2.05) is 54.7 Å². The number of para-hydroxylation sites is 2. The zero-order chi connectivity index (χ0) is 16.8. The summed E-state index contributed by atoms with van der Waals surface area (Å²) in [5, 5.41) is 10.0.